The third kappa shape index (κ3) is 3.66. The number of hydrogen-bond acceptors (Lipinski definition) is 3. The average molecular weight is 366 g/mol. The van der Waals surface area contributed by atoms with E-state index in [4.69, 9.17) is 5.11 Å². The normalized spacial score (nSPS) is 11.4. The second-order valence-electron chi connectivity index (χ2n) is 5.20. The predicted octanol–water partition coefficient (Wildman–Crippen LogP) is 4.75. The number of halogens is 4. The van der Waals surface area contributed by atoms with Crippen LogP contribution in [-0.2, 0) is 6.18 Å². The molecule has 5 nitrogen and oxygen atoms in total. The fourth-order valence-corrected chi connectivity index (χ4v) is 2.34. The van der Waals surface area contributed by atoms with Crippen molar-refractivity contribution in [3.63, 3.8) is 0 Å². The fourth-order valence-electron chi connectivity index (χ4n) is 2.34. The minimum atomic E-state index is -4.54. The zero-order chi connectivity index (χ0) is 18.9. The van der Waals surface area contributed by atoms with Crippen LogP contribution in [0, 0.1) is 5.82 Å². The van der Waals surface area contributed by atoms with Gasteiger partial charge in [-0.1, -0.05) is 12.1 Å². The average Bonchev–Trinajstić information content (AvgIpc) is 2.98. The lowest BCUT2D eigenvalue weighted by molar-refractivity contribution is -0.137. The van der Waals surface area contributed by atoms with Crippen molar-refractivity contribution in [2.24, 2.45) is 0 Å². The molecule has 2 aromatic carbocycles. The lowest BCUT2D eigenvalue weighted by Gasteiger charge is -2.10. The molecule has 3 rings (SSSR count). The van der Waals surface area contributed by atoms with Crippen LogP contribution >= 0.6 is 0 Å². The molecule has 0 spiro atoms. The van der Waals surface area contributed by atoms with Gasteiger partial charge in [0.15, 0.2) is 0 Å². The Morgan fingerprint density at radius 2 is 1.77 bits per heavy atom. The third-order valence-corrected chi connectivity index (χ3v) is 3.44. The van der Waals surface area contributed by atoms with Crippen molar-refractivity contribution in [1.29, 1.82) is 0 Å². The summed E-state index contributed by atoms with van der Waals surface area (Å²) in [6.07, 6.45) is -6.17. The van der Waals surface area contributed by atoms with Crippen LogP contribution in [0.2, 0.25) is 0 Å². The highest BCUT2D eigenvalue weighted by atomic mass is 19.4. The Bertz CT molecular complexity index is 949. The highest BCUT2D eigenvalue weighted by molar-refractivity contribution is 5.67. The van der Waals surface area contributed by atoms with Crippen molar-refractivity contribution in [3.8, 4) is 22.8 Å². The van der Waals surface area contributed by atoms with Gasteiger partial charge in [-0.15, -0.1) is 5.10 Å². The van der Waals surface area contributed by atoms with Gasteiger partial charge in [-0.05, 0) is 36.4 Å². The lowest BCUT2D eigenvalue weighted by atomic mass is 10.1. The summed E-state index contributed by atoms with van der Waals surface area (Å²) in [5.41, 5.74) is -0.266. The molecule has 0 aliphatic carbocycles. The number of benzene rings is 2. The molecule has 0 saturated carbocycles. The van der Waals surface area contributed by atoms with Crippen molar-refractivity contribution >= 4 is 6.16 Å². The molecule has 0 amide bonds. The van der Waals surface area contributed by atoms with Crippen LogP contribution in [0.15, 0.2) is 54.6 Å². The van der Waals surface area contributed by atoms with Crippen molar-refractivity contribution < 1.29 is 32.2 Å². The molecule has 1 aromatic heterocycles. The van der Waals surface area contributed by atoms with Gasteiger partial charge in [-0.2, -0.15) is 13.2 Å². The van der Waals surface area contributed by atoms with Gasteiger partial charge in [-0.25, -0.2) is 13.9 Å². The second-order valence-corrected chi connectivity index (χ2v) is 5.20. The van der Waals surface area contributed by atoms with E-state index in [0.29, 0.717) is 5.69 Å². The van der Waals surface area contributed by atoms with E-state index in [1.54, 1.807) is 0 Å². The molecule has 0 aliphatic heterocycles. The Morgan fingerprint density at radius 1 is 1.08 bits per heavy atom. The molecular formula is C17H10F4N2O3. The van der Waals surface area contributed by atoms with Gasteiger partial charge in [0, 0.05) is 11.6 Å². The number of aromatic nitrogens is 2. The van der Waals surface area contributed by atoms with E-state index in [1.807, 2.05) is 0 Å². The maximum atomic E-state index is 13.1. The van der Waals surface area contributed by atoms with Crippen LogP contribution in [0.4, 0.5) is 22.4 Å². The molecule has 9 heteroatoms. The van der Waals surface area contributed by atoms with Gasteiger partial charge < -0.3 is 9.84 Å². The van der Waals surface area contributed by atoms with Gasteiger partial charge in [0.2, 0.25) is 5.88 Å². The molecule has 0 saturated heterocycles. The van der Waals surface area contributed by atoms with E-state index in [9.17, 15) is 22.4 Å². The van der Waals surface area contributed by atoms with Crippen molar-refractivity contribution in [1.82, 2.24) is 9.78 Å². The van der Waals surface area contributed by atoms with E-state index in [1.165, 1.54) is 35.0 Å². The number of alkyl halides is 3. The van der Waals surface area contributed by atoms with E-state index in [0.717, 1.165) is 24.3 Å². The zero-order valence-corrected chi connectivity index (χ0v) is 12.9. The third-order valence-electron chi connectivity index (χ3n) is 3.44. The molecule has 3 aromatic rings. The van der Waals surface area contributed by atoms with Gasteiger partial charge in [0.1, 0.15) is 5.82 Å². The number of carbonyl (C=O) groups is 1. The summed E-state index contributed by atoms with van der Waals surface area (Å²) in [4.78, 5) is 10.7. The number of nitrogens with zero attached hydrogens (tertiary/aromatic N) is 2. The minimum absolute atomic E-state index is 0.136. The van der Waals surface area contributed by atoms with Crippen molar-refractivity contribution in [2.45, 2.75) is 6.18 Å². The molecule has 1 N–H and O–H groups in total. The number of carboxylic acid groups (broad SMARTS) is 1. The number of hydrogen-bond donors (Lipinski definition) is 1. The van der Waals surface area contributed by atoms with E-state index >= 15 is 0 Å². The Labute approximate surface area is 144 Å². The molecule has 0 aliphatic rings. The topological polar surface area (TPSA) is 64.3 Å². The monoisotopic (exact) mass is 366 g/mol. The molecule has 134 valence electrons. The first-order valence-corrected chi connectivity index (χ1v) is 7.18. The molecule has 0 bridgehead atoms. The predicted molar refractivity (Wildman–Crippen MR) is 82.6 cm³/mol. The Morgan fingerprint density at radius 3 is 2.38 bits per heavy atom. The summed E-state index contributed by atoms with van der Waals surface area (Å²) in [6.45, 7) is 0. The van der Waals surface area contributed by atoms with Crippen LogP contribution in [-0.4, -0.2) is 21.0 Å². The molecule has 0 unspecified atom stereocenters. The van der Waals surface area contributed by atoms with Gasteiger partial charge in [0.05, 0.1) is 16.9 Å². The van der Waals surface area contributed by atoms with Crippen molar-refractivity contribution in [2.75, 3.05) is 0 Å². The molecule has 26 heavy (non-hydrogen) atoms. The second kappa shape index (κ2) is 6.51. The zero-order valence-electron chi connectivity index (χ0n) is 12.9. The van der Waals surface area contributed by atoms with Crippen LogP contribution in [0.25, 0.3) is 16.9 Å². The van der Waals surface area contributed by atoms with E-state index < -0.39 is 23.7 Å². The number of rotatable bonds is 3. The first-order chi connectivity index (χ1) is 12.2. The Kier molecular flexibility index (Phi) is 4.37. The SMILES string of the molecule is O=C(O)Oc1cc(-c2cccc(C(F)(F)F)c2)n(-c2ccc(F)cc2)n1. The van der Waals surface area contributed by atoms with Gasteiger partial charge in [0.25, 0.3) is 0 Å². The summed E-state index contributed by atoms with van der Waals surface area (Å²) >= 11 is 0. The molecule has 1 heterocycles. The summed E-state index contributed by atoms with van der Waals surface area (Å²) < 4.78 is 57.7. The largest absolute Gasteiger partial charge is 0.512 e. The molecule has 0 atom stereocenters. The Hall–Kier alpha value is -3.36. The number of ether oxygens (including phenoxy) is 1. The Balaban J connectivity index is 2.15. The molecular weight excluding hydrogens is 356 g/mol. The van der Waals surface area contributed by atoms with Crippen LogP contribution < -0.4 is 4.74 Å². The van der Waals surface area contributed by atoms with Crippen LogP contribution in [0.5, 0.6) is 5.88 Å². The quantitative estimate of drug-likeness (QED) is 0.537. The summed E-state index contributed by atoms with van der Waals surface area (Å²) in [5, 5.41) is 12.7. The lowest BCUT2D eigenvalue weighted by Crippen LogP contribution is -2.06. The van der Waals surface area contributed by atoms with Gasteiger partial charge >= 0.3 is 12.3 Å². The van der Waals surface area contributed by atoms with Crippen LogP contribution in [0.1, 0.15) is 5.56 Å². The first kappa shape index (κ1) is 17.5. The highest BCUT2D eigenvalue weighted by Crippen LogP contribution is 2.34. The summed E-state index contributed by atoms with van der Waals surface area (Å²) in [5.74, 6) is -0.835. The highest BCUT2D eigenvalue weighted by Gasteiger charge is 2.30. The van der Waals surface area contributed by atoms with E-state index in [2.05, 4.69) is 9.84 Å². The minimum Gasteiger partial charge on any atom is -0.449 e. The fraction of sp³-hybridized carbons (Fsp3) is 0.0588. The van der Waals surface area contributed by atoms with Crippen LogP contribution in [0.3, 0.4) is 0 Å². The standard InChI is InChI=1S/C17H10F4N2O3/c18-12-4-6-13(7-5-12)23-14(9-15(22-23)26-16(24)25)10-2-1-3-11(8-10)17(19,20)21/h1-9H,(H,24,25). The molecule has 0 radical (unpaired) electrons. The maximum absolute atomic E-state index is 13.1. The van der Waals surface area contributed by atoms with Crippen molar-refractivity contribution in [3.05, 3.63) is 66.0 Å². The maximum Gasteiger partial charge on any atom is 0.512 e. The first-order valence-electron chi connectivity index (χ1n) is 7.18. The smallest absolute Gasteiger partial charge is 0.449 e. The summed E-state index contributed by atoms with van der Waals surface area (Å²) in [6, 6.07) is 10.6. The molecule has 0 fully saturated rings. The summed E-state index contributed by atoms with van der Waals surface area (Å²) in [7, 11) is 0. The van der Waals surface area contributed by atoms with Gasteiger partial charge in [-0.3, -0.25) is 0 Å². The van der Waals surface area contributed by atoms with E-state index in [-0.39, 0.29) is 17.1 Å².